The van der Waals surface area contributed by atoms with Crippen molar-refractivity contribution in [3.8, 4) is 0 Å². The average molecular weight is 299 g/mol. The summed E-state index contributed by atoms with van der Waals surface area (Å²) in [6.07, 6.45) is 7.29. The molecule has 2 heterocycles. The van der Waals surface area contributed by atoms with Crippen LogP contribution in [-0.4, -0.2) is 39.3 Å². The van der Waals surface area contributed by atoms with Gasteiger partial charge in [-0.2, -0.15) is 0 Å². The summed E-state index contributed by atoms with van der Waals surface area (Å²) >= 11 is 0. The van der Waals surface area contributed by atoms with Crippen LogP contribution in [0.3, 0.4) is 0 Å². The zero-order valence-corrected chi connectivity index (χ0v) is 13.3. The van der Waals surface area contributed by atoms with Crippen LogP contribution in [-0.2, 0) is 13.0 Å². The maximum Gasteiger partial charge on any atom is 0.105 e. The van der Waals surface area contributed by atoms with E-state index >= 15 is 0 Å². The summed E-state index contributed by atoms with van der Waals surface area (Å²) in [6, 6.07) is 8.69. The van der Waals surface area contributed by atoms with Crippen LogP contribution >= 0.6 is 0 Å². The van der Waals surface area contributed by atoms with Crippen LogP contribution in [0, 0.1) is 6.92 Å². The lowest BCUT2D eigenvalue weighted by molar-refractivity contribution is 0.112. The summed E-state index contributed by atoms with van der Waals surface area (Å²) in [5.74, 6) is 1.08. The smallest absolute Gasteiger partial charge is 0.105 e. The van der Waals surface area contributed by atoms with E-state index in [-0.39, 0.29) is 12.6 Å². The second-order valence-corrected chi connectivity index (χ2v) is 6.06. The van der Waals surface area contributed by atoms with E-state index in [1.165, 1.54) is 11.1 Å². The van der Waals surface area contributed by atoms with Crippen LogP contribution in [0.5, 0.6) is 0 Å². The Balaban J connectivity index is 1.53. The molecule has 2 aromatic rings. The van der Waals surface area contributed by atoms with Crippen LogP contribution in [0.15, 0.2) is 36.7 Å². The van der Waals surface area contributed by atoms with Gasteiger partial charge in [-0.25, -0.2) is 4.98 Å². The highest BCUT2D eigenvalue weighted by Crippen LogP contribution is 2.29. The number of unbranched alkanes of at least 4 members (excludes halogenated alkanes) is 1. The third-order valence-electron chi connectivity index (χ3n) is 4.71. The van der Waals surface area contributed by atoms with Gasteiger partial charge in [0.1, 0.15) is 5.82 Å². The molecule has 4 heteroatoms. The molecule has 1 unspecified atom stereocenters. The maximum absolute atomic E-state index is 9.80. The minimum Gasteiger partial charge on any atom is -0.394 e. The van der Waals surface area contributed by atoms with E-state index in [9.17, 15) is 5.11 Å². The Hall–Kier alpha value is -1.65. The van der Waals surface area contributed by atoms with Crippen LogP contribution in [0.4, 0.5) is 0 Å². The van der Waals surface area contributed by atoms with Gasteiger partial charge in [0.2, 0.25) is 0 Å². The van der Waals surface area contributed by atoms with E-state index in [0.717, 1.165) is 44.7 Å². The largest absolute Gasteiger partial charge is 0.394 e. The summed E-state index contributed by atoms with van der Waals surface area (Å²) in [6.45, 7) is 5.38. The molecule has 1 N–H and O–H groups in total. The van der Waals surface area contributed by atoms with Crippen molar-refractivity contribution in [3.63, 3.8) is 0 Å². The molecule has 1 atom stereocenters. The molecule has 3 rings (SSSR count). The van der Waals surface area contributed by atoms with Crippen molar-refractivity contribution in [1.82, 2.24) is 14.5 Å². The average Bonchev–Trinajstić information content (AvgIpc) is 2.96. The molecular weight excluding hydrogens is 274 g/mol. The predicted molar refractivity (Wildman–Crippen MR) is 87.7 cm³/mol. The molecule has 0 saturated heterocycles. The predicted octanol–water partition coefficient (Wildman–Crippen LogP) is 2.56. The molecular formula is C18H25N3O. The molecule has 0 spiro atoms. The number of imidazole rings is 1. The minimum atomic E-state index is 0.167. The lowest BCUT2D eigenvalue weighted by Gasteiger charge is -2.36. The highest BCUT2D eigenvalue weighted by Gasteiger charge is 2.25. The third-order valence-corrected chi connectivity index (χ3v) is 4.71. The van der Waals surface area contributed by atoms with E-state index < -0.39 is 0 Å². The lowest BCUT2D eigenvalue weighted by atomic mass is 9.93. The van der Waals surface area contributed by atoms with Gasteiger partial charge in [-0.15, -0.1) is 0 Å². The van der Waals surface area contributed by atoms with Gasteiger partial charge in [-0.1, -0.05) is 24.3 Å². The molecule has 118 valence electrons. The lowest BCUT2D eigenvalue weighted by Crippen LogP contribution is -2.38. The van der Waals surface area contributed by atoms with Crippen molar-refractivity contribution in [2.45, 2.75) is 38.8 Å². The molecule has 22 heavy (non-hydrogen) atoms. The first-order chi connectivity index (χ1) is 10.8. The Bertz CT molecular complexity index is 608. The molecule has 0 bridgehead atoms. The molecule has 0 amide bonds. The number of aromatic nitrogens is 2. The molecule has 1 aliphatic rings. The Morgan fingerprint density at radius 3 is 2.82 bits per heavy atom. The van der Waals surface area contributed by atoms with Gasteiger partial charge in [-0.05, 0) is 43.9 Å². The monoisotopic (exact) mass is 299 g/mol. The van der Waals surface area contributed by atoms with Gasteiger partial charge in [0.25, 0.3) is 0 Å². The fraction of sp³-hybridized carbons (Fsp3) is 0.500. The van der Waals surface area contributed by atoms with E-state index in [4.69, 9.17) is 0 Å². The quantitative estimate of drug-likeness (QED) is 0.834. The van der Waals surface area contributed by atoms with Crippen LogP contribution in [0.2, 0.25) is 0 Å². The summed E-state index contributed by atoms with van der Waals surface area (Å²) in [7, 11) is 0. The molecule has 1 aromatic carbocycles. The number of hydrogen-bond acceptors (Lipinski definition) is 3. The number of rotatable bonds is 6. The Kier molecular flexibility index (Phi) is 4.90. The minimum absolute atomic E-state index is 0.167. The van der Waals surface area contributed by atoms with Crippen molar-refractivity contribution in [3.05, 3.63) is 53.6 Å². The molecule has 1 aromatic heterocycles. The standard InChI is InChI=1S/C18H25N3O/c1-15-19-9-13-20(15)10-4-5-11-21-12-8-16-6-2-3-7-17(16)18(21)14-22/h2-3,6-7,9,13,18,22H,4-5,8,10-12,14H2,1H3. The zero-order valence-electron chi connectivity index (χ0n) is 13.3. The number of benzene rings is 1. The number of fused-ring (bicyclic) bond motifs is 1. The SMILES string of the molecule is Cc1nccn1CCCCN1CCc2ccccc2C1CO. The zero-order chi connectivity index (χ0) is 15.4. The summed E-state index contributed by atoms with van der Waals surface area (Å²) in [5.41, 5.74) is 2.70. The second kappa shape index (κ2) is 7.07. The molecule has 4 nitrogen and oxygen atoms in total. The van der Waals surface area contributed by atoms with E-state index in [1.54, 1.807) is 0 Å². The van der Waals surface area contributed by atoms with E-state index in [1.807, 2.05) is 19.3 Å². The summed E-state index contributed by atoms with van der Waals surface area (Å²) < 4.78 is 2.20. The number of hydrogen-bond donors (Lipinski definition) is 1. The van der Waals surface area contributed by atoms with Gasteiger partial charge in [0.05, 0.1) is 12.6 Å². The van der Waals surface area contributed by atoms with Crippen LogP contribution in [0.25, 0.3) is 0 Å². The van der Waals surface area contributed by atoms with Crippen molar-refractivity contribution >= 4 is 0 Å². The van der Waals surface area contributed by atoms with Crippen LogP contribution in [0.1, 0.15) is 35.8 Å². The van der Waals surface area contributed by atoms with Gasteiger partial charge >= 0.3 is 0 Å². The first kappa shape index (κ1) is 15.3. The van der Waals surface area contributed by atoms with E-state index in [0.29, 0.717) is 0 Å². The number of aliphatic hydroxyl groups excluding tert-OH is 1. The molecule has 0 saturated carbocycles. The Morgan fingerprint density at radius 2 is 2.05 bits per heavy atom. The second-order valence-electron chi connectivity index (χ2n) is 6.06. The molecule has 0 aliphatic carbocycles. The molecule has 1 aliphatic heterocycles. The Morgan fingerprint density at radius 1 is 1.23 bits per heavy atom. The van der Waals surface area contributed by atoms with Gasteiger partial charge in [0.15, 0.2) is 0 Å². The van der Waals surface area contributed by atoms with Gasteiger partial charge < -0.3 is 9.67 Å². The fourth-order valence-corrected chi connectivity index (χ4v) is 3.42. The highest BCUT2D eigenvalue weighted by molar-refractivity contribution is 5.32. The number of aryl methyl sites for hydroxylation is 2. The first-order valence-electron chi connectivity index (χ1n) is 8.20. The Labute approximate surface area is 132 Å². The van der Waals surface area contributed by atoms with Gasteiger partial charge in [0, 0.05) is 25.5 Å². The molecule has 0 fully saturated rings. The van der Waals surface area contributed by atoms with Crippen molar-refractivity contribution in [1.29, 1.82) is 0 Å². The maximum atomic E-state index is 9.80. The first-order valence-corrected chi connectivity index (χ1v) is 8.20. The fourth-order valence-electron chi connectivity index (χ4n) is 3.42. The number of nitrogens with zero attached hydrogens (tertiary/aromatic N) is 3. The summed E-state index contributed by atoms with van der Waals surface area (Å²) in [5, 5.41) is 9.80. The van der Waals surface area contributed by atoms with Crippen molar-refractivity contribution < 1.29 is 5.11 Å². The summed E-state index contributed by atoms with van der Waals surface area (Å²) in [4.78, 5) is 6.69. The van der Waals surface area contributed by atoms with Crippen molar-refractivity contribution in [2.24, 2.45) is 0 Å². The third kappa shape index (κ3) is 3.23. The van der Waals surface area contributed by atoms with Crippen LogP contribution < -0.4 is 0 Å². The van der Waals surface area contributed by atoms with E-state index in [2.05, 4.69) is 38.7 Å². The number of aliphatic hydroxyl groups is 1. The normalized spacial score (nSPS) is 18.4. The molecule has 0 radical (unpaired) electrons. The topological polar surface area (TPSA) is 41.3 Å². The van der Waals surface area contributed by atoms with Gasteiger partial charge in [-0.3, -0.25) is 4.90 Å². The van der Waals surface area contributed by atoms with Crippen molar-refractivity contribution in [2.75, 3.05) is 19.7 Å². The highest BCUT2D eigenvalue weighted by atomic mass is 16.3.